The molecule has 1 amide bonds. The van der Waals surface area contributed by atoms with Crippen LogP contribution in [0.1, 0.15) is 10.5 Å². The molecule has 0 aliphatic rings. The number of aryl methyl sites for hydroxylation is 1. The van der Waals surface area contributed by atoms with Gasteiger partial charge in [-0.2, -0.15) is 5.10 Å². The molecule has 2 heterocycles. The van der Waals surface area contributed by atoms with E-state index in [0.717, 1.165) is 15.0 Å². The van der Waals surface area contributed by atoms with Gasteiger partial charge in [0.2, 0.25) is 0 Å². The van der Waals surface area contributed by atoms with Crippen LogP contribution in [0.15, 0.2) is 40.4 Å². The average molecular weight is 398 g/mol. The Kier molecular flexibility index (Phi) is 4.28. The molecule has 3 aromatic rings. The number of anilines is 1. The topological polar surface area (TPSA) is 59.8 Å². The van der Waals surface area contributed by atoms with E-state index in [9.17, 15) is 4.79 Å². The van der Waals surface area contributed by atoms with Crippen molar-refractivity contribution in [1.29, 1.82) is 0 Å². The number of aromatic nitrogens is 3. The summed E-state index contributed by atoms with van der Waals surface area (Å²) < 4.78 is 2.53. The number of thiazole rings is 1. The molecule has 0 spiro atoms. The lowest BCUT2D eigenvalue weighted by atomic mass is 10.3. The molecule has 22 heavy (non-hydrogen) atoms. The minimum Gasteiger partial charge on any atom is -0.319 e. The van der Waals surface area contributed by atoms with Gasteiger partial charge >= 0.3 is 0 Å². The Hall–Kier alpha value is -1.70. The third-order valence-corrected chi connectivity index (χ3v) is 4.58. The first-order valence-electron chi connectivity index (χ1n) is 6.24. The SMILES string of the molecule is Cn1cc(-c2nc(C(=O)Nc3cc(Br)ccc3Cl)cs2)cn1. The van der Waals surface area contributed by atoms with Gasteiger partial charge in [0.15, 0.2) is 0 Å². The zero-order valence-corrected chi connectivity index (χ0v) is 14.5. The second-order valence-electron chi connectivity index (χ2n) is 4.52. The van der Waals surface area contributed by atoms with E-state index in [4.69, 9.17) is 11.6 Å². The normalized spacial score (nSPS) is 10.7. The van der Waals surface area contributed by atoms with Gasteiger partial charge in [0.1, 0.15) is 10.7 Å². The molecule has 8 heteroatoms. The van der Waals surface area contributed by atoms with Crippen molar-refractivity contribution < 1.29 is 4.79 Å². The molecule has 0 bridgehead atoms. The molecule has 2 aromatic heterocycles. The quantitative estimate of drug-likeness (QED) is 0.720. The van der Waals surface area contributed by atoms with Crippen molar-refractivity contribution in [1.82, 2.24) is 14.8 Å². The van der Waals surface area contributed by atoms with Gasteiger partial charge < -0.3 is 5.32 Å². The highest BCUT2D eigenvalue weighted by atomic mass is 79.9. The zero-order chi connectivity index (χ0) is 15.7. The van der Waals surface area contributed by atoms with Crippen LogP contribution in [0.4, 0.5) is 5.69 Å². The Morgan fingerprint density at radius 1 is 1.45 bits per heavy atom. The number of halogens is 2. The van der Waals surface area contributed by atoms with Crippen molar-refractivity contribution in [2.24, 2.45) is 7.05 Å². The van der Waals surface area contributed by atoms with Gasteiger partial charge in [0.05, 0.1) is 16.9 Å². The van der Waals surface area contributed by atoms with Crippen LogP contribution >= 0.6 is 38.9 Å². The summed E-state index contributed by atoms with van der Waals surface area (Å²) in [5, 5.41) is 9.79. The van der Waals surface area contributed by atoms with Crippen LogP contribution in [-0.2, 0) is 7.05 Å². The number of rotatable bonds is 3. The smallest absolute Gasteiger partial charge is 0.275 e. The highest BCUT2D eigenvalue weighted by Gasteiger charge is 2.14. The molecule has 0 saturated heterocycles. The van der Waals surface area contributed by atoms with Crippen LogP contribution in [0.3, 0.4) is 0 Å². The number of hydrogen-bond acceptors (Lipinski definition) is 4. The molecular formula is C14H10BrClN4OS. The summed E-state index contributed by atoms with van der Waals surface area (Å²) >= 11 is 10.8. The Morgan fingerprint density at radius 2 is 2.27 bits per heavy atom. The van der Waals surface area contributed by atoms with E-state index in [-0.39, 0.29) is 5.91 Å². The van der Waals surface area contributed by atoms with E-state index in [0.29, 0.717) is 16.4 Å². The lowest BCUT2D eigenvalue weighted by molar-refractivity contribution is 0.102. The number of hydrogen-bond donors (Lipinski definition) is 1. The third kappa shape index (κ3) is 3.21. The number of amides is 1. The molecule has 0 aliphatic heterocycles. The van der Waals surface area contributed by atoms with E-state index in [1.165, 1.54) is 11.3 Å². The van der Waals surface area contributed by atoms with Gasteiger partial charge in [0.25, 0.3) is 5.91 Å². The molecular weight excluding hydrogens is 388 g/mol. The number of nitrogens with zero attached hydrogens (tertiary/aromatic N) is 3. The van der Waals surface area contributed by atoms with Crippen LogP contribution in [0.5, 0.6) is 0 Å². The first-order chi connectivity index (χ1) is 10.5. The first kappa shape index (κ1) is 15.2. The Labute approximate surface area is 144 Å². The minimum absolute atomic E-state index is 0.300. The van der Waals surface area contributed by atoms with Crippen molar-refractivity contribution in [2.45, 2.75) is 0 Å². The highest BCUT2D eigenvalue weighted by molar-refractivity contribution is 9.10. The lowest BCUT2D eigenvalue weighted by Crippen LogP contribution is -2.12. The summed E-state index contributed by atoms with van der Waals surface area (Å²) in [5.41, 5.74) is 1.77. The largest absolute Gasteiger partial charge is 0.319 e. The molecule has 0 unspecified atom stereocenters. The van der Waals surface area contributed by atoms with Crippen LogP contribution in [0.2, 0.25) is 5.02 Å². The second kappa shape index (κ2) is 6.20. The average Bonchev–Trinajstić information content (AvgIpc) is 3.11. The molecule has 3 rings (SSSR count). The molecule has 112 valence electrons. The Balaban J connectivity index is 1.81. The molecule has 0 fully saturated rings. The zero-order valence-electron chi connectivity index (χ0n) is 11.4. The second-order valence-corrected chi connectivity index (χ2v) is 6.70. The third-order valence-electron chi connectivity index (χ3n) is 2.87. The number of benzene rings is 1. The Bertz CT molecular complexity index is 845. The molecule has 1 aromatic carbocycles. The molecule has 5 nitrogen and oxygen atoms in total. The van der Waals surface area contributed by atoms with E-state index in [2.05, 4.69) is 31.3 Å². The Morgan fingerprint density at radius 3 is 3.00 bits per heavy atom. The van der Waals surface area contributed by atoms with Crippen molar-refractivity contribution >= 4 is 50.5 Å². The van der Waals surface area contributed by atoms with Crippen LogP contribution in [0.25, 0.3) is 10.6 Å². The van der Waals surface area contributed by atoms with E-state index in [1.807, 2.05) is 13.2 Å². The number of nitrogens with one attached hydrogen (secondary N) is 1. The summed E-state index contributed by atoms with van der Waals surface area (Å²) in [5.74, 6) is -0.300. The summed E-state index contributed by atoms with van der Waals surface area (Å²) in [6, 6.07) is 5.26. The maximum Gasteiger partial charge on any atom is 0.275 e. The predicted molar refractivity (Wildman–Crippen MR) is 91.4 cm³/mol. The summed E-state index contributed by atoms with van der Waals surface area (Å²) in [7, 11) is 1.83. The molecule has 0 atom stereocenters. The van der Waals surface area contributed by atoms with Gasteiger partial charge in [-0.15, -0.1) is 11.3 Å². The summed E-state index contributed by atoms with van der Waals surface area (Å²) in [6.07, 6.45) is 3.57. The minimum atomic E-state index is -0.300. The number of carbonyl (C=O) groups excluding carboxylic acids is 1. The lowest BCUT2D eigenvalue weighted by Gasteiger charge is -2.06. The highest BCUT2D eigenvalue weighted by Crippen LogP contribution is 2.27. The van der Waals surface area contributed by atoms with E-state index >= 15 is 0 Å². The summed E-state index contributed by atoms with van der Waals surface area (Å²) in [4.78, 5) is 16.6. The van der Waals surface area contributed by atoms with Crippen LogP contribution in [-0.4, -0.2) is 20.7 Å². The molecule has 0 radical (unpaired) electrons. The fraction of sp³-hybridized carbons (Fsp3) is 0.0714. The van der Waals surface area contributed by atoms with E-state index in [1.54, 1.807) is 34.5 Å². The molecule has 1 N–H and O–H groups in total. The van der Waals surface area contributed by atoms with Crippen LogP contribution < -0.4 is 5.32 Å². The standard InChI is InChI=1S/C14H10BrClN4OS/c1-20-6-8(5-17-20)14-19-12(7-22-14)13(21)18-11-4-9(15)2-3-10(11)16/h2-7H,1H3,(H,18,21). The maximum absolute atomic E-state index is 12.3. The number of carbonyl (C=O) groups is 1. The van der Waals surface area contributed by atoms with Gasteiger partial charge in [0, 0.05) is 28.7 Å². The van der Waals surface area contributed by atoms with Crippen molar-refractivity contribution in [2.75, 3.05) is 5.32 Å². The monoisotopic (exact) mass is 396 g/mol. The van der Waals surface area contributed by atoms with Crippen molar-refractivity contribution in [3.05, 3.63) is 51.2 Å². The maximum atomic E-state index is 12.3. The molecule has 0 aliphatic carbocycles. The van der Waals surface area contributed by atoms with Crippen molar-refractivity contribution in [3.63, 3.8) is 0 Å². The van der Waals surface area contributed by atoms with Crippen LogP contribution in [0, 0.1) is 0 Å². The predicted octanol–water partition coefficient (Wildman–Crippen LogP) is 4.21. The van der Waals surface area contributed by atoms with Gasteiger partial charge in [-0.25, -0.2) is 4.98 Å². The van der Waals surface area contributed by atoms with Gasteiger partial charge in [-0.1, -0.05) is 27.5 Å². The fourth-order valence-electron chi connectivity index (χ4n) is 1.82. The van der Waals surface area contributed by atoms with E-state index < -0.39 is 0 Å². The first-order valence-corrected chi connectivity index (χ1v) is 8.29. The van der Waals surface area contributed by atoms with Gasteiger partial charge in [-0.05, 0) is 18.2 Å². The molecule has 0 saturated carbocycles. The fourth-order valence-corrected chi connectivity index (χ4v) is 3.12. The summed E-state index contributed by atoms with van der Waals surface area (Å²) in [6.45, 7) is 0. The van der Waals surface area contributed by atoms with Crippen molar-refractivity contribution in [3.8, 4) is 10.6 Å². The van der Waals surface area contributed by atoms with Gasteiger partial charge in [-0.3, -0.25) is 9.48 Å².